The van der Waals surface area contributed by atoms with Crippen LogP contribution in [-0.4, -0.2) is 42.4 Å². The number of aliphatic hydroxyl groups is 1. The summed E-state index contributed by atoms with van der Waals surface area (Å²) in [5.41, 5.74) is 0. The zero-order chi connectivity index (χ0) is 13.7. The van der Waals surface area contributed by atoms with Gasteiger partial charge in [-0.25, -0.2) is 0 Å². The molecule has 1 aromatic rings. The number of benzene rings is 1. The van der Waals surface area contributed by atoms with Gasteiger partial charge in [0, 0.05) is 17.6 Å². The summed E-state index contributed by atoms with van der Waals surface area (Å²) in [6, 6.07) is 7.68. The number of nitrogens with zero attached hydrogens (tertiary/aromatic N) is 1. The van der Waals surface area contributed by atoms with Gasteiger partial charge in [0.25, 0.3) is 0 Å². The van der Waals surface area contributed by atoms with E-state index in [0.29, 0.717) is 13.2 Å². The molecular formula is C15H22BrNO2. The lowest BCUT2D eigenvalue weighted by Crippen LogP contribution is -2.41. The van der Waals surface area contributed by atoms with Crippen molar-refractivity contribution in [3.63, 3.8) is 0 Å². The molecule has 0 unspecified atom stereocenters. The Morgan fingerprint density at radius 2 is 2.16 bits per heavy atom. The molecule has 0 aromatic heterocycles. The third kappa shape index (κ3) is 5.13. The Hall–Kier alpha value is -0.580. The molecule has 3 nitrogen and oxygen atoms in total. The van der Waals surface area contributed by atoms with E-state index in [1.165, 1.54) is 12.8 Å². The third-order valence-corrected chi connectivity index (χ3v) is 3.99. The minimum Gasteiger partial charge on any atom is -0.491 e. The van der Waals surface area contributed by atoms with E-state index in [4.69, 9.17) is 4.74 Å². The molecule has 19 heavy (non-hydrogen) atoms. The van der Waals surface area contributed by atoms with E-state index in [-0.39, 0.29) is 0 Å². The van der Waals surface area contributed by atoms with Gasteiger partial charge in [-0.05, 0) is 49.6 Å². The SMILES string of the molecule is C[C@@H]1CCCN(C[C@H](O)COc2ccc(Br)cc2)C1. The highest BCUT2D eigenvalue weighted by molar-refractivity contribution is 9.10. The Balaban J connectivity index is 1.72. The summed E-state index contributed by atoms with van der Waals surface area (Å²) in [6.07, 6.45) is 2.12. The molecule has 1 saturated heterocycles. The molecule has 0 bridgehead atoms. The van der Waals surface area contributed by atoms with Gasteiger partial charge in [0.15, 0.2) is 0 Å². The van der Waals surface area contributed by atoms with E-state index >= 15 is 0 Å². The van der Waals surface area contributed by atoms with Crippen LogP contribution in [0, 0.1) is 5.92 Å². The van der Waals surface area contributed by atoms with E-state index in [9.17, 15) is 5.11 Å². The molecule has 1 aromatic carbocycles. The van der Waals surface area contributed by atoms with Crippen molar-refractivity contribution in [3.05, 3.63) is 28.7 Å². The van der Waals surface area contributed by atoms with E-state index < -0.39 is 6.10 Å². The minimum absolute atomic E-state index is 0.354. The molecule has 2 rings (SSSR count). The highest BCUT2D eigenvalue weighted by Gasteiger charge is 2.19. The van der Waals surface area contributed by atoms with E-state index in [0.717, 1.165) is 29.2 Å². The largest absolute Gasteiger partial charge is 0.491 e. The van der Waals surface area contributed by atoms with Gasteiger partial charge in [0.1, 0.15) is 18.5 Å². The summed E-state index contributed by atoms with van der Waals surface area (Å²) in [6.45, 7) is 5.53. The molecule has 4 heteroatoms. The van der Waals surface area contributed by atoms with Gasteiger partial charge < -0.3 is 14.7 Å². The lowest BCUT2D eigenvalue weighted by molar-refractivity contribution is 0.0537. The van der Waals surface area contributed by atoms with Crippen molar-refractivity contribution in [2.45, 2.75) is 25.9 Å². The number of piperidine rings is 1. The third-order valence-electron chi connectivity index (χ3n) is 3.47. The smallest absolute Gasteiger partial charge is 0.119 e. The first-order chi connectivity index (χ1) is 9.13. The number of β-amino-alcohol motifs (C(OH)–C–C–N with tert-alkyl or cyclic N) is 1. The molecule has 2 atom stereocenters. The summed E-state index contributed by atoms with van der Waals surface area (Å²) in [5, 5.41) is 10.0. The topological polar surface area (TPSA) is 32.7 Å². The van der Waals surface area contributed by atoms with Crippen LogP contribution in [0.5, 0.6) is 5.75 Å². The number of halogens is 1. The molecule has 0 radical (unpaired) electrons. The molecule has 0 spiro atoms. The van der Waals surface area contributed by atoms with Crippen molar-refractivity contribution in [1.82, 2.24) is 4.90 Å². The van der Waals surface area contributed by atoms with Crippen molar-refractivity contribution in [2.75, 3.05) is 26.2 Å². The first kappa shape index (κ1) is 14.8. The molecule has 106 valence electrons. The monoisotopic (exact) mass is 327 g/mol. The maximum absolute atomic E-state index is 10.0. The van der Waals surface area contributed by atoms with Crippen LogP contribution in [0.15, 0.2) is 28.7 Å². The van der Waals surface area contributed by atoms with Gasteiger partial charge in [-0.15, -0.1) is 0 Å². The van der Waals surface area contributed by atoms with Gasteiger partial charge in [0.05, 0.1) is 0 Å². The van der Waals surface area contributed by atoms with Crippen LogP contribution in [0.4, 0.5) is 0 Å². The van der Waals surface area contributed by atoms with Crippen LogP contribution in [0.1, 0.15) is 19.8 Å². The lowest BCUT2D eigenvalue weighted by Gasteiger charge is -2.32. The molecule has 0 saturated carbocycles. The Morgan fingerprint density at radius 3 is 2.84 bits per heavy atom. The maximum atomic E-state index is 10.0. The van der Waals surface area contributed by atoms with Crippen molar-refractivity contribution in [3.8, 4) is 5.75 Å². The lowest BCUT2D eigenvalue weighted by atomic mass is 10.0. The second-order valence-corrected chi connectivity index (χ2v) is 6.34. The summed E-state index contributed by atoms with van der Waals surface area (Å²) in [7, 11) is 0. The molecule has 1 heterocycles. The first-order valence-corrected chi connectivity index (χ1v) is 7.71. The Kier molecular flexibility index (Phi) is 5.67. The average molecular weight is 328 g/mol. The molecule has 1 aliphatic rings. The van der Waals surface area contributed by atoms with Crippen LogP contribution < -0.4 is 4.74 Å². The van der Waals surface area contributed by atoms with Crippen LogP contribution >= 0.6 is 15.9 Å². The van der Waals surface area contributed by atoms with Gasteiger partial charge in [0.2, 0.25) is 0 Å². The van der Waals surface area contributed by atoms with Crippen LogP contribution in [0.25, 0.3) is 0 Å². The van der Waals surface area contributed by atoms with Crippen molar-refractivity contribution >= 4 is 15.9 Å². The number of likely N-dealkylation sites (tertiary alicyclic amines) is 1. The van der Waals surface area contributed by atoms with Gasteiger partial charge in [-0.2, -0.15) is 0 Å². The maximum Gasteiger partial charge on any atom is 0.119 e. The number of hydrogen-bond donors (Lipinski definition) is 1. The predicted octanol–water partition coefficient (Wildman–Crippen LogP) is 2.92. The fraction of sp³-hybridized carbons (Fsp3) is 0.600. The standard InChI is InChI=1S/C15H22BrNO2/c1-12-3-2-8-17(9-12)10-14(18)11-19-15-6-4-13(16)5-7-15/h4-7,12,14,18H,2-3,8-11H2,1H3/t12-,14+/m1/s1. The van der Waals surface area contributed by atoms with Crippen molar-refractivity contribution < 1.29 is 9.84 Å². The van der Waals surface area contributed by atoms with E-state index in [1.54, 1.807) is 0 Å². The fourth-order valence-electron chi connectivity index (χ4n) is 2.53. The summed E-state index contributed by atoms with van der Waals surface area (Å²) in [5.74, 6) is 1.54. The number of ether oxygens (including phenoxy) is 1. The second kappa shape index (κ2) is 7.27. The van der Waals surface area contributed by atoms with Gasteiger partial charge in [-0.1, -0.05) is 22.9 Å². The van der Waals surface area contributed by atoms with Crippen molar-refractivity contribution in [2.24, 2.45) is 5.92 Å². The summed E-state index contributed by atoms with van der Waals surface area (Å²) >= 11 is 3.39. The Labute approximate surface area is 123 Å². The molecule has 1 fully saturated rings. The predicted molar refractivity (Wildman–Crippen MR) is 80.5 cm³/mol. The number of aliphatic hydroxyl groups excluding tert-OH is 1. The van der Waals surface area contributed by atoms with Crippen LogP contribution in [0.3, 0.4) is 0 Å². The zero-order valence-electron chi connectivity index (χ0n) is 11.4. The summed E-state index contributed by atoms with van der Waals surface area (Å²) in [4.78, 5) is 2.34. The Bertz CT molecular complexity index is 382. The van der Waals surface area contributed by atoms with Gasteiger partial charge >= 0.3 is 0 Å². The molecule has 1 N–H and O–H groups in total. The number of rotatable bonds is 5. The highest BCUT2D eigenvalue weighted by atomic mass is 79.9. The molecular weight excluding hydrogens is 306 g/mol. The molecule has 0 amide bonds. The first-order valence-electron chi connectivity index (χ1n) is 6.92. The minimum atomic E-state index is -0.422. The zero-order valence-corrected chi connectivity index (χ0v) is 13.0. The van der Waals surface area contributed by atoms with Crippen molar-refractivity contribution in [1.29, 1.82) is 0 Å². The second-order valence-electron chi connectivity index (χ2n) is 5.43. The summed E-state index contributed by atoms with van der Waals surface area (Å²) < 4.78 is 6.62. The van der Waals surface area contributed by atoms with E-state index in [1.807, 2.05) is 24.3 Å². The van der Waals surface area contributed by atoms with Crippen LogP contribution in [0.2, 0.25) is 0 Å². The molecule has 0 aliphatic carbocycles. The van der Waals surface area contributed by atoms with Gasteiger partial charge in [-0.3, -0.25) is 0 Å². The fourth-order valence-corrected chi connectivity index (χ4v) is 2.79. The Morgan fingerprint density at radius 1 is 1.42 bits per heavy atom. The quantitative estimate of drug-likeness (QED) is 0.902. The number of hydrogen-bond acceptors (Lipinski definition) is 3. The van der Waals surface area contributed by atoms with E-state index in [2.05, 4.69) is 27.8 Å². The normalized spacial score (nSPS) is 22.2. The average Bonchev–Trinajstić information content (AvgIpc) is 2.38. The van der Waals surface area contributed by atoms with Crippen LogP contribution in [-0.2, 0) is 0 Å². The highest BCUT2D eigenvalue weighted by Crippen LogP contribution is 2.17. The molecule has 1 aliphatic heterocycles.